The second-order valence-corrected chi connectivity index (χ2v) is 7.06. The Labute approximate surface area is 98.8 Å². The van der Waals surface area contributed by atoms with Crippen LogP contribution >= 0.6 is 0 Å². The van der Waals surface area contributed by atoms with E-state index in [4.69, 9.17) is 4.74 Å². The molecule has 1 atom stereocenters. The molecule has 0 saturated carbocycles. The van der Waals surface area contributed by atoms with Crippen LogP contribution in [0.3, 0.4) is 0 Å². The van der Waals surface area contributed by atoms with E-state index < -0.39 is 9.84 Å². The van der Waals surface area contributed by atoms with Gasteiger partial charge in [0.1, 0.15) is 0 Å². The molecule has 0 bridgehead atoms. The lowest BCUT2D eigenvalue weighted by molar-refractivity contribution is 0.230. The van der Waals surface area contributed by atoms with Crippen LogP contribution in [0.5, 0.6) is 0 Å². The molecule has 0 aromatic heterocycles. The standard InChI is InChI=1S/C12H22O3S/c1-11(2)9-15-7-3-5-12-6-4-8-16(13,14)10-12/h9,12H,3-8,10H2,1-2H3. The molecule has 0 radical (unpaired) electrons. The van der Waals surface area contributed by atoms with Gasteiger partial charge < -0.3 is 4.74 Å². The molecule has 1 unspecified atom stereocenters. The number of allylic oxidation sites excluding steroid dienone is 1. The van der Waals surface area contributed by atoms with Gasteiger partial charge in [-0.15, -0.1) is 0 Å². The van der Waals surface area contributed by atoms with Crippen molar-refractivity contribution in [3.05, 3.63) is 11.8 Å². The van der Waals surface area contributed by atoms with Crippen LogP contribution in [0, 0.1) is 5.92 Å². The number of rotatable bonds is 5. The third-order valence-electron chi connectivity index (χ3n) is 2.75. The molecule has 94 valence electrons. The summed E-state index contributed by atoms with van der Waals surface area (Å²) >= 11 is 0. The molecule has 4 heteroatoms. The molecule has 1 aliphatic heterocycles. The van der Waals surface area contributed by atoms with Crippen molar-refractivity contribution in [2.75, 3.05) is 18.1 Å². The molecule has 3 nitrogen and oxygen atoms in total. The molecule has 0 amide bonds. The van der Waals surface area contributed by atoms with E-state index in [0.29, 0.717) is 24.0 Å². The third kappa shape index (κ3) is 5.54. The van der Waals surface area contributed by atoms with Crippen molar-refractivity contribution in [3.8, 4) is 0 Å². The fourth-order valence-electron chi connectivity index (χ4n) is 2.03. The summed E-state index contributed by atoms with van der Waals surface area (Å²) < 4.78 is 28.1. The number of hydrogen-bond donors (Lipinski definition) is 0. The Morgan fingerprint density at radius 3 is 2.81 bits per heavy atom. The molecule has 0 aliphatic carbocycles. The minimum atomic E-state index is -2.74. The largest absolute Gasteiger partial charge is 0.501 e. The zero-order valence-electron chi connectivity index (χ0n) is 10.2. The van der Waals surface area contributed by atoms with Crippen LogP contribution in [-0.2, 0) is 14.6 Å². The van der Waals surface area contributed by atoms with Gasteiger partial charge in [0.05, 0.1) is 24.4 Å². The number of hydrogen-bond acceptors (Lipinski definition) is 3. The molecule has 1 aliphatic rings. The minimum Gasteiger partial charge on any atom is -0.501 e. The lowest BCUT2D eigenvalue weighted by Gasteiger charge is -2.21. The summed E-state index contributed by atoms with van der Waals surface area (Å²) in [5.74, 6) is 1.13. The van der Waals surface area contributed by atoms with Crippen LogP contribution < -0.4 is 0 Å². The van der Waals surface area contributed by atoms with Gasteiger partial charge in [0.2, 0.25) is 0 Å². The molecule has 1 heterocycles. The van der Waals surface area contributed by atoms with Crippen molar-refractivity contribution >= 4 is 9.84 Å². The van der Waals surface area contributed by atoms with Crippen molar-refractivity contribution in [3.63, 3.8) is 0 Å². The minimum absolute atomic E-state index is 0.356. The van der Waals surface area contributed by atoms with E-state index in [1.54, 1.807) is 6.26 Å². The molecule has 16 heavy (non-hydrogen) atoms. The summed E-state index contributed by atoms with van der Waals surface area (Å²) in [5, 5.41) is 0. The van der Waals surface area contributed by atoms with Crippen LogP contribution in [0.1, 0.15) is 39.5 Å². The quantitative estimate of drug-likeness (QED) is 0.553. The Balaban J connectivity index is 2.16. The number of sulfone groups is 1. The van der Waals surface area contributed by atoms with Crippen LogP contribution in [0.15, 0.2) is 11.8 Å². The molecule has 0 aromatic rings. The van der Waals surface area contributed by atoms with Gasteiger partial charge in [-0.1, -0.05) is 0 Å². The zero-order chi connectivity index (χ0) is 12.0. The predicted octanol–water partition coefficient (Wildman–Crippen LogP) is 2.53. The van der Waals surface area contributed by atoms with Gasteiger partial charge in [-0.25, -0.2) is 8.42 Å². The molecule has 0 spiro atoms. The van der Waals surface area contributed by atoms with E-state index in [1.807, 2.05) is 13.8 Å². The second kappa shape index (κ2) is 6.28. The highest BCUT2D eigenvalue weighted by molar-refractivity contribution is 7.91. The first kappa shape index (κ1) is 13.6. The summed E-state index contributed by atoms with van der Waals surface area (Å²) in [7, 11) is -2.74. The van der Waals surface area contributed by atoms with E-state index in [1.165, 1.54) is 0 Å². The van der Waals surface area contributed by atoms with Gasteiger partial charge in [-0.05, 0) is 51.0 Å². The first-order chi connectivity index (χ1) is 7.49. The Bertz CT molecular complexity index is 326. The predicted molar refractivity (Wildman–Crippen MR) is 66.0 cm³/mol. The van der Waals surface area contributed by atoms with E-state index >= 15 is 0 Å². The highest BCUT2D eigenvalue weighted by Gasteiger charge is 2.23. The molecule has 0 aromatic carbocycles. The molecular formula is C12H22O3S. The zero-order valence-corrected chi connectivity index (χ0v) is 11.1. The average molecular weight is 246 g/mol. The van der Waals surface area contributed by atoms with Gasteiger partial charge in [0.15, 0.2) is 9.84 Å². The smallest absolute Gasteiger partial charge is 0.150 e. The van der Waals surface area contributed by atoms with Crippen molar-refractivity contribution in [2.45, 2.75) is 39.5 Å². The highest BCUT2D eigenvalue weighted by atomic mass is 32.2. The highest BCUT2D eigenvalue weighted by Crippen LogP contribution is 2.22. The van der Waals surface area contributed by atoms with Gasteiger partial charge in [0, 0.05) is 0 Å². The van der Waals surface area contributed by atoms with Gasteiger partial charge >= 0.3 is 0 Å². The van der Waals surface area contributed by atoms with E-state index in [9.17, 15) is 8.42 Å². The maximum atomic E-state index is 11.4. The molecule has 1 fully saturated rings. The average Bonchev–Trinajstić information content (AvgIpc) is 2.15. The van der Waals surface area contributed by atoms with E-state index in [2.05, 4.69) is 0 Å². The Kier molecular flexibility index (Phi) is 5.32. The molecule has 1 saturated heterocycles. The Morgan fingerprint density at radius 1 is 1.44 bits per heavy atom. The maximum Gasteiger partial charge on any atom is 0.150 e. The molecule has 0 N–H and O–H groups in total. The fourth-order valence-corrected chi connectivity index (χ4v) is 3.85. The summed E-state index contributed by atoms with van der Waals surface area (Å²) in [4.78, 5) is 0. The van der Waals surface area contributed by atoms with Crippen molar-refractivity contribution in [2.24, 2.45) is 5.92 Å². The van der Waals surface area contributed by atoms with Crippen molar-refractivity contribution < 1.29 is 13.2 Å². The van der Waals surface area contributed by atoms with E-state index in [0.717, 1.165) is 31.3 Å². The normalized spacial score (nSPS) is 23.8. The topological polar surface area (TPSA) is 43.4 Å². The third-order valence-corrected chi connectivity index (χ3v) is 4.64. The van der Waals surface area contributed by atoms with Gasteiger partial charge in [-0.3, -0.25) is 0 Å². The van der Waals surface area contributed by atoms with E-state index in [-0.39, 0.29) is 0 Å². The van der Waals surface area contributed by atoms with Crippen molar-refractivity contribution in [1.82, 2.24) is 0 Å². The summed E-state index contributed by atoms with van der Waals surface area (Å²) in [6.45, 7) is 4.68. The van der Waals surface area contributed by atoms with Crippen molar-refractivity contribution in [1.29, 1.82) is 0 Å². The summed E-state index contributed by atoms with van der Waals surface area (Å²) in [5.41, 5.74) is 1.15. The molecular weight excluding hydrogens is 224 g/mol. The van der Waals surface area contributed by atoms with Crippen LogP contribution in [-0.4, -0.2) is 26.5 Å². The van der Waals surface area contributed by atoms with Gasteiger partial charge in [0.25, 0.3) is 0 Å². The molecule has 1 rings (SSSR count). The monoisotopic (exact) mass is 246 g/mol. The fraction of sp³-hybridized carbons (Fsp3) is 0.833. The summed E-state index contributed by atoms with van der Waals surface area (Å²) in [6.07, 6.45) is 5.57. The van der Waals surface area contributed by atoms with Crippen LogP contribution in [0.25, 0.3) is 0 Å². The first-order valence-electron chi connectivity index (χ1n) is 5.95. The SMILES string of the molecule is CC(C)=COCCCC1CCCS(=O)(=O)C1. The maximum absolute atomic E-state index is 11.4. The Morgan fingerprint density at radius 2 is 2.19 bits per heavy atom. The Hall–Kier alpha value is -0.510. The lowest BCUT2D eigenvalue weighted by atomic mass is 10.00. The summed E-state index contributed by atoms with van der Waals surface area (Å²) in [6, 6.07) is 0. The lowest BCUT2D eigenvalue weighted by Crippen LogP contribution is -2.25. The van der Waals surface area contributed by atoms with Crippen LogP contribution in [0.2, 0.25) is 0 Å². The number of ether oxygens (including phenoxy) is 1. The second-order valence-electron chi connectivity index (χ2n) is 4.83. The van der Waals surface area contributed by atoms with Crippen LogP contribution in [0.4, 0.5) is 0 Å². The van der Waals surface area contributed by atoms with Gasteiger partial charge in [-0.2, -0.15) is 0 Å². The first-order valence-corrected chi connectivity index (χ1v) is 7.77.